The van der Waals surface area contributed by atoms with Crippen molar-refractivity contribution in [1.29, 1.82) is 0 Å². The highest BCUT2D eigenvalue weighted by molar-refractivity contribution is 7.92. The van der Waals surface area contributed by atoms with Crippen molar-refractivity contribution >= 4 is 34.0 Å². The van der Waals surface area contributed by atoms with Gasteiger partial charge in [0.05, 0.1) is 4.90 Å². The van der Waals surface area contributed by atoms with Crippen LogP contribution in [0, 0.1) is 11.7 Å². The third-order valence-corrected chi connectivity index (χ3v) is 5.88. The molecule has 1 aliphatic rings. The maximum atomic E-state index is 13.0. The summed E-state index contributed by atoms with van der Waals surface area (Å²) in [6.07, 6.45) is 2.00. The number of halogens is 2. The lowest BCUT2D eigenvalue weighted by molar-refractivity contribution is 0.0951. The molecule has 0 bridgehead atoms. The Bertz CT molecular complexity index is 901. The van der Waals surface area contributed by atoms with E-state index >= 15 is 0 Å². The minimum Gasteiger partial charge on any atom is -0.352 e. The first kappa shape index (κ1) is 22.1. The fourth-order valence-corrected chi connectivity index (χ4v) is 4.09. The maximum Gasteiger partial charge on any atom is 0.261 e. The fraction of sp³-hybridized carbons (Fsp3) is 0.316. The topological polar surface area (TPSA) is 87.3 Å². The highest BCUT2D eigenvalue weighted by atomic mass is 35.5. The summed E-state index contributed by atoms with van der Waals surface area (Å²) in [5.41, 5.74) is 0.526. The Balaban J connectivity index is 0.00000280. The van der Waals surface area contributed by atoms with Crippen molar-refractivity contribution in [2.24, 2.45) is 5.92 Å². The molecule has 9 heteroatoms. The van der Waals surface area contributed by atoms with E-state index in [1.807, 2.05) is 0 Å². The number of carbonyl (C=O) groups excluding carboxylic acids is 1. The normalized spacial score (nSPS) is 16.2. The van der Waals surface area contributed by atoms with Crippen molar-refractivity contribution in [1.82, 2.24) is 10.6 Å². The standard InChI is InChI=1S/C19H22FN3O3S.ClH/c20-16-4-6-17(7-5-16)23-27(25,26)18-3-1-2-15(12-18)19(24)22-11-9-14-8-10-21-13-14;/h1-7,12,14,21,23H,8-11,13H2,(H,22,24);1H. The molecule has 1 amide bonds. The lowest BCUT2D eigenvalue weighted by atomic mass is 10.1. The molecule has 6 nitrogen and oxygen atoms in total. The van der Waals surface area contributed by atoms with Gasteiger partial charge in [-0.3, -0.25) is 9.52 Å². The van der Waals surface area contributed by atoms with Gasteiger partial charge < -0.3 is 10.6 Å². The molecule has 3 rings (SSSR count). The molecule has 1 atom stereocenters. The van der Waals surface area contributed by atoms with Gasteiger partial charge >= 0.3 is 0 Å². The van der Waals surface area contributed by atoms with Crippen molar-refractivity contribution in [2.45, 2.75) is 17.7 Å². The van der Waals surface area contributed by atoms with Crippen LogP contribution in [0.3, 0.4) is 0 Å². The summed E-state index contributed by atoms with van der Waals surface area (Å²) in [5, 5.41) is 6.12. The zero-order chi connectivity index (χ0) is 19.3. The second-order valence-corrected chi connectivity index (χ2v) is 8.23. The predicted molar refractivity (Wildman–Crippen MR) is 109 cm³/mol. The summed E-state index contributed by atoms with van der Waals surface area (Å²) < 4.78 is 40.3. The van der Waals surface area contributed by atoms with Crippen LogP contribution in [0.2, 0.25) is 0 Å². The molecule has 0 spiro atoms. The first-order valence-electron chi connectivity index (χ1n) is 8.81. The van der Waals surface area contributed by atoms with Crippen molar-refractivity contribution in [3.63, 3.8) is 0 Å². The third-order valence-electron chi connectivity index (χ3n) is 4.50. The Morgan fingerprint density at radius 1 is 1.18 bits per heavy atom. The third kappa shape index (κ3) is 5.92. The Labute approximate surface area is 170 Å². The number of nitrogens with one attached hydrogen (secondary N) is 3. The second kappa shape index (κ2) is 9.86. The molecule has 1 aliphatic heterocycles. The SMILES string of the molecule is Cl.O=C(NCCC1CCNC1)c1cccc(S(=O)(=O)Nc2ccc(F)cc2)c1. The molecule has 0 aliphatic carbocycles. The molecule has 1 heterocycles. The summed E-state index contributed by atoms with van der Waals surface area (Å²) in [5.74, 6) is -0.193. The van der Waals surface area contributed by atoms with E-state index in [1.165, 1.54) is 42.5 Å². The molecule has 1 fully saturated rings. The van der Waals surface area contributed by atoms with Gasteiger partial charge in [-0.25, -0.2) is 12.8 Å². The van der Waals surface area contributed by atoms with Crippen molar-refractivity contribution in [3.8, 4) is 0 Å². The van der Waals surface area contributed by atoms with E-state index in [-0.39, 0.29) is 34.5 Å². The molecule has 2 aromatic carbocycles. The summed E-state index contributed by atoms with van der Waals surface area (Å²) in [6, 6.07) is 10.8. The fourth-order valence-electron chi connectivity index (χ4n) is 2.99. The zero-order valence-corrected chi connectivity index (χ0v) is 16.8. The number of rotatable bonds is 7. The summed E-state index contributed by atoms with van der Waals surface area (Å²) in [4.78, 5) is 12.3. The average molecular weight is 428 g/mol. The predicted octanol–water partition coefficient (Wildman–Crippen LogP) is 2.78. The average Bonchev–Trinajstić information content (AvgIpc) is 3.17. The molecular formula is C19H23ClFN3O3S. The molecule has 1 saturated heterocycles. The van der Waals surface area contributed by atoms with E-state index in [9.17, 15) is 17.6 Å². The molecule has 1 unspecified atom stereocenters. The van der Waals surface area contributed by atoms with Gasteiger partial charge in [-0.2, -0.15) is 0 Å². The van der Waals surface area contributed by atoms with Crippen LogP contribution in [0.1, 0.15) is 23.2 Å². The number of anilines is 1. The quantitative estimate of drug-likeness (QED) is 0.634. The van der Waals surface area contributed by atoms with E-state index in [4.69, 9.17) is 0 Å². The minimum atomic E-state index is -3.88. The summed E-state index contributed by atoms with van der Waals surface area (Å²) in [7, 11) is -3.88. The highest BCUT2D eigenvalue weighted by Crippen LogP contribution is 2.18. The Morgan fingerprint density at radius 3 is 2.61 bits per heavy atom. The van der Waals surface area contributed by atoms with Crippen LogP contribution >= 0.6 is 12.4 Å². The van der Waals surface area contributed by atoms with E-state index in [0.717, 1.165) is 25.9 Å². The van der Waals surface area contributed by atoms with Gasteiger partial charge in [0.1, 0.15) is 5.82 Å². The molecule has 3 N–H and O–H groups in total. The lowest BCUT2D eigenvalue weighted by Crippen LogP contribution is -2.26. The van der Waals surface area contributed by atoms with Crippen molar-refractivity contribution in [2.75, 3.05) is 24.4 Å². The van der Waals surface area contributed by atoms with E-state index in [1.54, 1.807) is 6.07 Å². The van der Waals surface area contributed by atoms with Gasteiger partial charge in [0.15, 0.2) is 0 Å². The van der Waals surface area contributed by atoms with E-state index < -0.39 is 15.8 Å². The lowest BCUT2D eigenvalue weighted by Gasteiger charge is -2.11. The van der Waals surface area contributed by atoms with Gasteiger partial charge in [0.2, 0.25) is 0 Å². The molecular weight excluding hydrogens is 405 g/mol. The van der Waals surface area contributed by atoms with Crippen molar-refractivity contribution in [3.05, 3.63) is 59.9 Å². The van der Waals surface area contributed by atoms with Gasteiger partial charge in [-0.15, -0.1) is 12.4 Å². The Kier molecular flexibility index (Phi) is 7.79. The van der Waals surface area contributed by atoms with E-state index in [0.29, 0.717) is 12.5 Å². The zero-order valence-electron chi connectivity index (χ0n) is 15.2. The number of hydrogen-bond acceptors (Lipinski definition) is 4. The van der Waals surface area contributed by atoms with Crippen LogP contribution in [0.25, 0.3) is 0 Å². The molecule has 28 heavy (non-hydrogen) atoms. The molecule has 152 valence electrons. The Hall–Kier alpha value is -2.16. The minimum absolute atomic E-state index is 0. The van der Waals surface area contributed by atoms with Gasteiger partial charge in [-0.05, 0) is 74.3 Å². The van der Waals surface area contributed by atoms with Gasteiger partial charge in [0.25, 0.3) is 15.9 Å². The largest absolute Gasteiger partial charge is 0.352 e. The number of amides is 1. The van der Waals surface area contributed by atoms with Gasteiger partial charge in [-0.1, -0.05) is 6.07 Å². The summed E-state index contributed by atoms with van der Waals surface area (Å²) >= 11 is 0. The van der Waals surface area contributed by atoms with Crippen LogP contribution < -0.4 is 15.4 Å². The van der Waals surface area contributed by atoms with Crippen LogP contribution in [0.15, 0.2) is 53.4 Å². The van der Waals surface area contributed by atoms with Crippen LogP contribution in [-0.2, 0) is 10.0 Å². The number of carbonyl (C=O) groups is 1. The van der Waals surface area contributed by atoms with E-state index in [2.05, 4.69) is 15.4 Å². The molecule has 0 aromatic heterocycles. The van der Waals surface area contributed by atoms with Crippen molar-refractivity contribution < 1.29 is 17.6 Å². The number of benzene rings is 2. The monoisotopic (exact) mass is 427 g/mol. The van der Waals surface area contributed by atoms with Crippen LogP contribution in [0.4, 0.5) is 10.1 Å². The smallest absolute Gasteiger partial charge is 0.261 e. The maximum absolute atomic E-state index is 13.0. The number of hydrogen-bond donors (Lipinski definition) is 3. The van der Waals surface area contributed by atoms with Crippen LogP contribution in [0.5, 0.6) is 0 Å². The first-order chi connectivity index (χ1) is 12.9. The van der Waals surface area contributed by atoms with Gasteiger partial charge in [0, 0.05) is 17.8 Å². The first-order valence-corrected chi connectivity index (χ1v) is 10.3. The second-order valence-electron chi connectivity index (χ2n) is 6.54. The molecule has 2 aromatic rings. The molecule has 0 radical (unpaired) electrons. The summed E-state index contributed by atoms with van der Waals surface area (Å²) in [6.45, 7) is 2.54. The Morgan fingerprint density at radius 2 is 1.93 bits per heavy atom. The highest BCUT2D eigenvalue weighted by Gasteiger charge is 2.18. The molecule has 0 saturated carbocycles. The number of sulfonamides is 1. The van der Waals surface area contributed by atoms with Crippen LogP contribution in [-0.4, -0.2) is 34.0 Å².